The molecule has 58 valence electrons. The van der Waals surface area contributed by atoms with Crippen LogP contribution in [0.3, 0.4) is 0 Å². The molecular weight excluding hydrogens is 120 g/mol. The molecule has 0 saturated heterocycles. The highest BCUT2D eigenvalue weighted by Crippen LogP contribution is 2.62. The molecule has 0 heterocycles. The van der Waals surface area contributed by atoms with E-state index in [1.165, 1.54) is 12.8 Å². The normalized spacial score (nSPS) is 58.5. The van der Waals surface area contributed by atoms with Gasteiger partial charge in [0.25, 0.3) is 0 Å². The van der Waals surface area contributed by atoms with Crippen molar-refractivity contribution in [1.29, 1.82) is 0 Å². The van der Waals surface area contributed by atoms with Crippen molar-refractivity contribution in [1.82, 2.24) is 0 Å². The van der Waals surface area contributed by atoms with Crippen LogP contribution in [0.5, 0.6) is 0 Å². The van der Waals surface area contributed by atoms with Gasteiger partial charge in [0, 0.05) is 0 Å². The Balaban J connectivity index is 1.97. The van der Waals surface area contributed by atoms with E-state index in [0.29, 0.717) is 0 Å². The van der Waals surface area contributed by atoms with Crippen LogP contribution in [0.25, 0.3) is 0 Å². The molecule has 10 heavy (non-hydrogen) atoms. The summed E-state index contributed by atoms with van der Waals surface area (Å²) in [7, 11) is 0. The molecule has 0 N–H and O–H groups in total. The maximum atomic E-state index is 2.45. The van der Waals surface area contributed by atoms with Crippen molar-refractivity contribution >= 4 is 0 Å². The lowest BCUT2D eigenvalue weighted by Gasteiger charge is -2.62. The van der Waals surface area contributed by atoms with E-state index < -0.39 is 0 Å². The average molecular weight is 138 g/mol. The smallest absolute Gasteiger partial charge is 0.0329 e. The molecule has 0 bridgehead atoms. The van der Waals surface area contributed by atoms with Crippen molar-refractivity contribution in [3.05, 3.63) is 0 Å². The third kappa shape index (κ3) is 0.580. The van der Waals surface area contributed by atoms with Crippen LogP contribution in [-0.2, 0) is 0 Å². The van der Waals surface area contributed by atoms with Gasteiger partial charge in [-0.1, -0.05) is 27.2 Å². The van der Waals surface area contributed by atoms with Gasteiger partial charge in [0.1, 0.15) is 0 Å². The lowest BCUT2D eigenvalue weighted by molar-refractivity contribution is -0.138. The molecule has 5 atom stereocenters. The number of fused-ring (bicyclic) bond motifs is 1. The summed E-state index contributed by atoms with van der Waals surface area (Å²) in [5, 5.41) is 0. The topological polar surface area (TPSA) is 0 Å². The van der Waals surface area contributed by atoms with Crippen molar-refractivity contribution in [2.45, 2.75) is 33.6 Å². The van der Waals surface area contributed by atoms with Crippen LogP contribution in [0.2, 0.25) is 0 Å². The van der Waals surface area contributed by atoms with E-state index in [1.54, 1.807) is 0 Å². The van der Waals surface area contributed by atoms with Gasteiger partial charge in [0.15, 0.2) is 0 Å². The lowest BCUT2D eigenvalue weighted by atomic mass is 9.43. The first-order valence-electron chi connectivity index (χ1n) is 4.75. The number of hydrogen-bond donors (Lipinski definition) is 0. The first-order valence-corrected chi connectivity index (χ1v) is 4.75. The van der Waals surface area contributed by atoms with E-state index in [-0.39, 0.29) is 0 Å². The zero-order valence-corrected chi connectivity index (χ0v) is 7.30. The van der Waals surface area contributed by atoms with Crippen LogP contribution in [0.1, 0.15) is 33.6 Å². The van der Waals surface area contributed by atoms with Crippen LogP contribution in [0.4, 0.5) is 0 Å². The average Bonchev–Trinajstić information content (AvgIpc) is 1.86. The molecule has 2 fully saturated rings. The molecule has 0 spiro atoms. The second kappa shape index (κ2) is 1.99. The summed E-state index contributed by atoms with van der Waals surface area (Å²) in [4.78, 5) is 0. The predicted molar refractivity (Wildman–Crippen MR) is 43.7 cm³/mol. The molecule has 0 aromatic carbocycles. The maximum absolute atomic E-state index is 2.45. The quantitative estimate of drug-likeness (QED) is 0.522. The first-order chi connectivity index (χ1) is 4.75. The van der Waals surface area contributed by atoms with Gasteiger partial charge < -0.3 is 0 Å². The van der Waals surface area contributed by atoms with Gasteiger partial charge in [-0.2, -0.15) is 0 Å². The Kier molecular flexibility index (Phi) is 1.33. The third-order valence-corrected chi connectivity index (χ3v) is 4.10. The molecule has 0 amide bonds. The van der Waals surface area contributed by atoms with E-state index in [0.717, 1.165) is 29.6 Å². The van der Waals surface area contributed by atoms with Gasteiger partial charge in [-0.3, -0.25) is 0 Å². The molecule has 5 unspecified atom stereocenters. The van der Waals surface area contributed by atoms with Gasteiger partial charge in [0.05, 0.1) is 0 Å². The molecule has 2 saturated carbocycles. The highest BCUT2D eigenvalue weighted by atomic mass is 14.6. The highest BCUT2D eigenvalue weighted by molar-refractivity contribution is 5.03. The summed E-state index contributed by atoms with van der Waals surface area (Å²) in [5.74, 6) is 5.49. The zero-order chi connectivity index (χ0) is 7.30. The number of rotatable bonds is 1. The summed E-state index contributed by atoms with van der Waals surface area (Å²) in [6.07, 6.45) is 2.96. The van der Waals surface area contributed by atoms with Gasteiger partial charge in [0.2, 0.25) is 0 Å². The molecule has 0 heteroatoms. The predicted octanol–water partition coefficient (Wildman–Crippen LogP) is 2.93. The Morgan fingerprint density at radius 2 is 2.00 bits per heavy atom. The standard InChI is InChI=1S/C10H18/c1-4-8-7(3)10-6(2)5-9(8)10/h6-10H,4-5H2,1-3H3. The minimum absolute atomic E-state index is 1.05. The monoisotopic (exact) mass is 138 g/mol. The summed E-state index contributed by atoms with van der Waals surface area (Å²) in [6.45, 7) is 7.22. The molecule has 0 radical (unpaired) electrons. The highest BCUT2D eigenvalue weighted by Gasteiger charge is 2.55. The van der Waals surface area contributed by atoms with Gasteiger partial charge in [-0.15, -0.1) is 0 Å². The van der Waals surface area contributed by atoms with E-state index in [4.69, 9.17) is 0 Å². The minimum Gasteiger partial charge on any atom is -0.0651 e. The molecule has 2 aliphatic rings. The SMILES string of the molecule is CCC1C(C)C2C(C)CC12. The van der Waals surface area contributed by atoms with Crippen molar-refractivity contribution in [2.24, 2.45) is 29.6 Å². The fourth-order valence-corrected chi connectivity index (χ4v) is 3.54. The van der Waals surface area contributed by atoms with E-state index in [2.05, 4.69) is 20.8 Å². The Morgan fingerprint density at radius 3 is 2.40 bits per heavy atom. The van der Waals surface area contributed by atoms with Crippen LogP contribution in [-0.4, -0.2) is 0 Å². The Morgan fingerprint density at radius 1 is 1.30 bits per heavy atom. The summed E-state index contributed by atoms with van der Waals surface area (Å²) in [5.41, 5.74) is 0. The first kappa shape index (κ1) is 6.69. The summed E-state index contributed by atoms with van der Waals surface area (Å²) in [6, 6.07) is 0. The van der Waals surface area contributed by atoms with Crippen LogP contribution < -0.4 is 0 Å². The molecule has 2 aliphatic carbocycles. The van der Waals surface area contributed by atoms with Crippen molar-refractivity contribution in [3.8, 4) is 0 Å². The largest absolute Gasteiger partial charge is 0.0651 e. The molecule has 0 aromatic heterocycles. The Labute approximate surface area is 64.0 Å². The molecular formula is C10H18. The molecule has 0 aliphatic heterocycles. The second-order valence-electron chi connectivity index (χ2n) is 4.39. The number of hydrogen-bond acceptors (Lipinski definition) is 0. The molecule has 0 nitrogen and oxygen atoms in total. The fourth-order valence-electron chi connectivity index (χ4n) is 3.54. The Bertz CT molecular complexity index is 127. The Hall–Kier alpha value is 0. The van der Waals surface area contributed by atoms with Crippen LogP contribution >= 0.6 is 0 Å². The lowest BCUT2D eigenvalue weighted by Crippen LogP contribution is -2.56. The third-order valence-electron chi connectivity index (χ3n) is 4.10. The van der Waals surface area contributed by atoms with Crippen LogP contribution in [0.15, 0.2) is 0 Å². The molecule has 0 aromatic rings. The van der Waals surface area contributed by atoms with Crippen LogP contribution in [0, 0.1) is 29.6 Å². The van der Waals surface area contributed by atoms with Gasteiger partial charge in [-0.05, 0) is 36.0 Å². The van der Waals surface area contributed by atoms with Crippen molar-refractivity contribution < 1.29 is 0 Å². The van der Waals surface area contributed by atoms with Gasteiger partial charge >= 0.3 is 0 Å². The maximum Gasteiger partial charge on any atom is -0.0329 e. The van der Waals surface area contributed by atoms with Crippen molar-refractivity contribution in [3.63, 3.8) is 0 Å². The van der Waals surface area contributed by atoms with E-state index in [1.807, 2.05) is 0 Å². The minimum atomic E-state index is 1.05. The van der Waals surface area contributed by atoms with Gasteiger partial charge in [-0.25, -0.2) is 0 Å². The second-order valence-corrected chi connectivity index (χ2v) is 4.39. The fraction of sp³-hybridized carbons (Fsp3) is 1.00. The summed E-state index contributed by atoms with van der Waals surface area (Å²) < 4.78 is 0. The zero-order valence-electron chi connectivity index (χ0n) is 7.30. The van der Waals surface area contributed by atoms with E-state index in [9.17, 15) is 0 Å². The van der Waals surface area contributed by atoms with Crippen molar-refractivity contribution in [2.75, 3.05) is 0 Å². The van der Waals surface area contributed by atoms with E-state index >= 15 is 0 Å². The molecule has 2 rings (SSSR count). The summed E-state index contributed by atoms with van der Waals surface area (Å²) >= 11 is 0.